The van der Waals surface area contributed by atoms with E-state index < -0.39 is 0 Å². The van der Waals surface area contributed by atoms with Crippen molar-refractivity contribution in [2.45, 2.75) is 20.8 Å². The summed E-state index contributed by atoms with van der Waals surface area (Å²) in [5.41, 5.74) is 5.01. The third-order valence-corrected chi connectivity index (χ3v) is 6.51. The lowest BCUT2D eigenvalue weighted by atomic mass is 9.91. The van der Waals surface area contributed by atoms with Crippen molar-refractivity contribution in [2.24, 2.45) is 0 Å². The Kier molecular flexibility index (Phi) is 3.38. The van der Waals surface area contributed by atoms with E-state index in [4.69, 9.17) is 4.98 Å². The molecular weight excluding hydrogens is 334 g/mol. The van der Waals surface area contributed by atoms with Gasteiger partial charge in [-0.15, -0.1) is 11.3 Å². The summed E-state index contributed by atoms with van der Waals surface area (Å²) in [4.78, 5) is 6.05. The van der Waals surface area contributed by atoms with E-state index in [2.05, 4.69) is 75.4 Å². The molecule has 2 heterocycles. The van der Waals surface area contributed by atoms with Gasteiger partial charge in [-0.1, -0.05) is 36.4 Å². The van der Waals surface area contributed by atoms with Crippen LogP contribution in [-0.2, 0) is 0 Å². The summed E-state index contributed by atoms with van der Waals surface area (Å²) >= 11 is 1.83. The van der Waals surface area contributed by atoms with E-state index in [1.807, 2.05) is 17.5 Å². The third kappa shape index (κ3) is 2.19. The molecule has 0 amide bonds. The van der Waals surface area contributed by atoms with Gasteiger partial charge in [0.05, 0.1) is 10.4 Å². The van der Waals surface area contributed by atoms with Crippen molar-refractivity contribution in [3.63, 3.8) is 0 Å². The molecule has 0 unspecified atom stereocenters. The van der Waals surface area contributed by atoms with E-state index in [1.54, 1.807) is 0 Å². The van der Waals surface area contributed by atoms with Gasteiger partial charge in [0.15, 0.2) is 0 Å². The van der Waals surface area contributed by atoms with Gasteiger partial charge in [-0.2, -0.15) is 0 Å². The van der Waals surface area contributed by atoms with Crippen LogP contribution in [0.1, 0.15) is 16.0 Å². The standard InChI is InChI=1S/C24H19NS/c1-14-12-18-10-11-25-23(24(18)26-14)17-8-9-21-20-7-5-4-6-19(20)15(2)16(3)22(21)13-17/h4-13H,1-3H3. The monoisotopic (exact) mass is 353 g/mol. The lowest BCUT2D eigenvalue weighted by molar-refractivity contribution is 1.36. The van der Waals surface area contributed by atoms with Crippen LogP contribution in [-0.4, -0.2) is 4.98 Å². The molecular formula is C24H19NS. The summed E-state index contributed by atoms with van der Waals surface area (Å²) in [6.07, 6.45) is 1.92. The highest BCUT2D eigenvalue weighted by atomic mass is 32.1. The third-order valence-electron chi connectivity index (χ3n) is 5.44. The molecule has 5 aromatic rings. The molecule has 126 valence electrons. The van der Waals surface area contributed by atoms with Crippen LogP contribution in [0.2, 0.25) is 0 Å². The van der Waals surface area contributed by atoms with Crippen LogP contribution in [0.15, 0.2) is 60.8 Å². The summed E-state index contributed by atoms with van der Waals surface area (Å²) in [6, 6.07) is 19.9. The molecule has 0 atom stereocenters. The van der Waals surface area contributed by atoms with Gasteiger partial charge in [-0.05, 0) is 77.0 Å². The molecule has 0 radical (unpaired) electrons. The number of aryl methyl sites for hydroxylation is 3. The summed E-state index contributed by atoms with van der Waals surface area (Å²) in [5, 5.41) is 6.60. The largest absolute Gasteiger partial charge is 0.255 e. The molecule has 0 bridgehead atoms. The van der Waals surface area contributed by atoms with Crippen molar-refractivity contribution in [1.29, 1.82) is 0 Å². The summed E-state index contributed by atoms with van der Waals surface area (Å²) in [7, 11) is 0. The van der Waals surface area contributed by atoms with Crippen molar-refractivity contribution < 1.29 is 0 Å². The second kappa shape index (κ2) is 5.65. The van der Waals surface area contributed by atoms with Gasteiger partial charge >= 0.3 is 0 Å². The highest BCUT2D eigenvalue weighted by molar-refractivity contribution is 7.19. The maximum absolute atomic E-state index is 4.72. The fourth-order valence-electron chi connectivity index (χ4n) is 3.98. The van der Waals surface area contributed by atoms with E-state index >= 15 is 0 Å². The molecule has 0 aliphatic heterocycles. The number of rotatable bonds is 1. The molecule has 0 N–H and O–H groups in total. The maximum atomic E-state index is 4.72. The molecule has 0 aliphatic carbocycles. The van der Waals surface area contributed by atoms with Gasteiger partial charge in [0.2, 0.25) is 0 Å². The van der Waals surface area contributed by atoms with Crippen molar-refractivity contribution in [3.8, 4) is 11.3 Å². The minimum atomic E-state index is 1.09. The number of hydrogen-bond donors (Lipinski definition) is 0. The first kappa shape index (κ1) is 15.5. The Balaban J connectivity index is 1.86. The Bertz CT molecular complexity index is 1310. The van der Waals surface area contributed by atoms with Crippen molar-refractivity contribution in [3.05, 3.63) is 76.8 Å². The smallest absolute Gasteiger partial charge is 0.0880 e. The van der Waals surface area contributed by atoms with E-state index in [0.29, 0.717) is 0 Å². The topological polar surface area (TPSA) is 12.9 Å². The van der Waals surface area contributed by atoms with Gasteiger partial charge in [-0.25, -0.2) is 0 Å². The van der Waals surface area contributed by atoms with Gasteiger partial charge in [-0.3, -0.25) is 4.98 Å². The second-order valence-electron chi connectivity index (χ2n) is 6.99. The first-order valence-corrected chi connectivity index (χ1v) is 9.72. The predicted octanol–water partition coefficient (Wildman–Crippen LogP) is 7.19. The lowest BCUT2D eigenvalue weighted by Crippen LogP contribution is -1.90. The van der Waals surface area contributed by atoms with Crippen molar-refractivity contribution in [2.75, 3.05) is 0 Å². The Morgan fingerprint density at radius 1 is 0.731 bits per heavy atom. The molecule has 1 nitrogen and oxygen atoms in total. The number of nitrogens with zero attached hydrogens (tertiary/aromatic N) is 1. The van der Waals surface area contributed by atoms with Crippen LogP contribution in [0.5, 0.6) is 0 Å². The molecule has 0 aliphatic rings. The molecule has 0 saturated heterocycles. The first-order valence-electron chi connectivity index (χ1n) is 8.90. The number of pyridine rings is 1. The quantitative estimate of drug-likeness (QED) is 0.290. The van der Waals surface area contributed by atoms with Crippen LogP contribution in [0.4, 0.5) is 0 Å². The molecule has 0 saturated carbocycles. The minimum Gasteiger partial charge on any atom is -0.255 e. The molecule has 5 rings (SSSR count). The average Bonchev–Trinajstić information content (AvgIpc) is 3.06. The highest BCUT2D eigenvalue weighted by Gasteiger charge is 2.12. The Morgan fingerprint density at radius 3 is 2.31 bits per heavy atom. The first-order chi connectivity index (χ1) is 12.6. The maximum Gasteiger partial charge on any atom is 0.0880 e. The van der Waals surface area contributed by atoms with E-state index in [1.165, 1.54) is 53.2 Å². The number of benzene rings is 3. The average molecular weight is 353 g/mol. The Morgan fingerprint density at radius 2 is 1.46 bits per heavy atom. The SMILES string of the molecule is Cc1cc2ccnc(-c3ccc4c(c3)c(C)c(C)c3ccccc34)c2s1. The summed E-state index contributed by atoms with van der Waals surface area (Å²) in [5.74, 6) is 0. The zero-order valence-electron chi connectivity index (χ0n) is 15.1. The molecule has 0 fully saturated rings. The Hall–Kier alpha value is -2.71. The zero-order chi connectivity index (χ0) is 17.8. The summed E-state index contributed by atoms with van der Waals surface area (Å²) < 4.78 is 1.28. The molecule has 2 aromatic heterocycles. The van der Waals surface area contributed by atoms with Crippen LogP contribution < -0.4 is 0 Å². The number of hydrogen-bond acceptors (Lipinski definition) is 2. The lowest BCUT2D eigenvalue weighted by Gasteiger charge is -2.13. The van der Waals surface area contributed by atoms with Crippen molar-refractivity contribution in [1.82, 2.24) is 4.98 Å². The van der Waals surface area contributed by atoms with E-state index in [-0.39, 0.29) is 0 Å². The second-order valence-corrected chi connectivity index (χ2v) is 8.25. The van der Waals surface area contributed by atoms with Crippen LogP contribution in [0.3, 0.4) is 0 Å². The van der Waals surface area contributed by atoms with Crippen LogP contribution >= 0.6 is 11.3 Å². The number of aromatic nitrogens is 1. The fourth-order valence-corrected chi connectivity index (χ4v) is 5.00. The van der Waals surface area contributed by atoms with Crippen LogP contribution in [0, 0.1) is 20.8 Å². The molecule has 2 heteroatoms. The summed E-state index contributed by atoms with van der Waals surface area (Å²) in [6.45, 7) is 6.62. The van der Waals surface area contributed by atoms with Gasteiger partial charge in [0.25, 0.3) is 0 Å². The normalized spacial score (nSPS) is 11.7. The molecule has 26 heavy (non-hydrogen) atoms. The van der Waals surface area contributed by atoms with E-state index in [9.17, 15) is 0 Å². The van der Waals surface area contributed by atoms with E-state index in [0.717, 1.165) is 5.69 Å². The number of fused-ring (bicyclic) bond motifs is 4. The molecule has 0 spiro atoms. The number of thiophene rings is 1. The minimum absolute atomic E-state index is 1.09. The van der Waals surface area contributed by atoms with Gasteiger partial charge in [0.1, 0.15) is 0 Å². The van der Waals surface area contributed by atoms with Crippen molar-refractivity contribution >= 4 is 43.0 Å². The molecule has 3 aromatic carbocycles. The highest BCUT2D eigenvalue weighted by Crippen LogP contribution is 2.37. The fraction of sp³-hybridized carbons (Fsp3) is 0.125. The van der Waals surface area contributed by atoms with Gasteiger partial charge in [0, 0.05) is 16.6 Å². The van der Waals surface area contributed by atoms with Crippen LogP contribution in [0.25, 0.3) is 42.9 Å². The zero-order valence-corrected chi connectivity index (χ0v) is 15.9. The predicted molar refractivity (Wildman–Crippen MR) is 114 cm³/mol. The Labute approximate surface area is 156 Å². The van der Waals surface area contributed by atoms with Gasteiger partial charge < -0.3 is 0 Å².